The van der Waals surface area contributed by atoms with Crippen LogP contribution in [0, 0.1) is 17.7 Å². The Kier molecular flexibility index (Phi) is 7.74. The van der Waals surface area contributed by atoms with Gasteiger partial charge in [0.05, 0.1) is 6.10 Å². The standard InChI is InChI=1S/C24H35FN2O3/c25-23-6-2-1-4-21(23)17-26-11-7-19(8-12-26)16-27(18-22-5-3-13-30-22)24(28)20-9-14-29-15-10-20/h1-2,4,6,19-20,22H,3,5,7-18H2/t22-/m0/s1. The Morgan fingerprint density at radius 1 is 1.03 bits per heavy atom. The Bertz CT molecular complexity index is 681. The lowest BCUT2D eigenvalue weighted by molar-refractivity contribution is -0.141. The van der Waals surface area contributed by atoms with Crippen LogP contribution in [0.4, 0.5) is 4.39 Å². The number of ether oxygens (including phenoxy) is 2. The first-order valence-corrected chi connectivity index (χ1v) is 11.6. The van der Waals surface area contributed by atoms with Gasteiger partial charge in [-0.3, -0.25) is 9.69 Å². The van der Waals surface area contributed by atoms with Crippen molar-refractivity contribution in [1.82, 2.24) is 9.80 Å². The highest BCUT2D eigenvalue weighted by atomic mass is 19.1. The maximum absolute atomic E-state index is 14.0. The first-order valence-electron chi connectivity index (χ1n) is 11.6. The van der Waals surface area contributed by atoms with Gasteiger partial charge in [-0.1, -0.05) is 18.2 Å². The number of hydrogen-bond acceptors (Lipinski definition) is 4. The van der Waals surface area contributed by atoms with Crippen molar-refractivity contribution >= 4 is 5.91 Å². The number of nitrogens with zero attached hydrogens (tertiary/aromatic N) is 2. The molecule has 3 heterocycles. The second-order valence-corrected chi connectivity index (χ2v) is 9.08. The monoisotopic (exact) mass is 418 g/mol. The predicted molar refractivity (Wildman–Crippen MR) is 113 cm³/mol. The molecule has 1 amide bonds. The van der Waals surface area contributed by atoms with Gasteiger partial charge in [0, 0.05) is 50.9 Å². The van der Waals surface area contributed by atoms with Gasteiger partial charge in [-0.2, -0.15) is 0 Å². The van der Waals surface area contributed by atoms with E-state index in [-0.39, 0.29) is 17.8 Å². The second-order valence-electron chi connectivity index (χ2n) is 9.08. The summed E-state index contributed by atoms with van der Waals surface area (Å²) >= 11 is 0. The lowest BCUT2D eigenvalue weighted by atomic mass is 9.93. The second kappa shape index (κ2) is 10.7. The van der Waals surface area contributed by atoms with E-state index < -0.39 is 0 Å². The number of carbonyl (C=O) groups is 1. The molecule has 0 unspecified atom stereocenters. The SMILES string of the molecule is O=C(C1CCOCC1)N(CC1CCN(Cc2ccccc2F)CC1)C[C@@H]1CCCO1. The largest absolute Gasteiger partial charge is 0.381 e. The van der Waals surface area contributed by atoms with Crippen LogP contribution in [0.25, 0.3) is 0 Å². The zero-order chi connectivity index (χ0) is 20.8. The lowest BCUT2D eigenvalue weighted by Crippen LogP contribution is -2.46. The van der Waals surface area contributed by atoms with Crippen molar-refractivity contribution < 1.29 is 18.7 Å². The molecule has 6 heteroatoms. The number of halogens is 1. The van der Waals surface area contributed by atoms with Crippen LogP contribution in [0.1, 0.15) is 44.1 Å². The topological polar surface area (TPSA) is 42.0 Å². The van der Waals surface area contributed by atoms with E-state index in [1.807, 2.05) is 12.1 Å². The fourth-order valence-corrected chi connectivity index (χ4v) is 5.00. The number of rotatable bonds is 7. The van der Waals surface area contributed by atoms with Crippen LogP contribution in [0.15, 0.2) is 24.3 Å². The van der Waals surface area contributed by atoms with Gasteiger partial charge in [-0.05, 0) is 63.6 Å². The van der Waals surface area contributed by atoms with Gasteiger partial charge in [0.1, 0.15) is 5.82 Å². The van der Waals surface area contributed by atoms with E-state index in [0.717, 1.165) is 76.9 Å². The van der Waals surface area contributed by atoms with Crippen LogP contribution in [-0.2, 0) is 20.8 Å². The van der Waals surface area contributed by atoms with Crippen molar-refractivity contribution in [1.29, 1.82) is 0 Å². The number of piperidine rings is 1. The molecule has 166 valence electrons. The van der Waals surface area contributed by atoms with Crippen molar-refractivity contribution in [2.75, 3.05) is 46.0 Å². The van der Waals surface area contributed by atoms with E-state index >= 15 is 0 Å². The molecule has 0 aromatic heterocycles. The van der Waals surface area contributed by atoms with Crippen LogP contribution in [-0.4, -0.2) is 67.8 Å². The van der Waals surface area contributed by atoms with Crippen LogP contribution in [0.3, 0.4) is 0 Å². The number of carbonyl (C=O) groups excluding carboxylic acids is 1. The summed E-state index contributed by atoms with van der Waals surface area (Å²) in [6.45, 7) is 6.33. The fourth-order valence-electron chi connectivity index (χ4n) is 5.00. The highest BCUT2D eigenvalue weighted by Crippen LogP contribution is 2.25. The Morgan fingerprint density at radius 3 is 2.50 bits per heavy atom. The first-order chi connectivity index (χ1) is 14.7. The minimum absolute atomic E-state index is 0.0984. The first kappa shape index (κ1) is 21.7. The molecule has 30 heavy (non-hydrogen) atoms. The van der Waals surface area contributed by atoms with Crippen molar-refractivity contribution in [2.24, 2.45) is 11.8 Å². The summed E-state index contributed by atoms with van der Waals surface area (Å²) in [6.07, 6.45) is 6.12. The Morgan fingerprint density at radius 2 is 1.80 bits per heavy atom. The molecule has 0 saturated carbocycles. The molecule has 0 N–H and O–H groups in total. The van der Waals surface area contributed by atoms with E-state index in [2.05, 4.69) is 9.80 Å². The summed E-state index contributed by atoms with van der Waals surface area (Å²) in [7, 11) is 0. The molecule has 1 aromatic rings. The van der Waals surface area contributed by atoms with Gasteiger partial charge in [-0.15, -0.1) is 0 Å². The van der Waals surface area contributed by atoms with Gasteiger partial charge in [-0.25, -0.2) is 4.39 Å². The summed E-state index contributed by atoms with van der Waals surface area (Å²) in [6, 6.07) is 7.05. The van der Waals surface area contributed by atoms with Gasteiger partial charge in [0.2, 0.25) is 5.91 Å². The Labute approximate surface area is 179 Å². The average molecular weight is 419 g/mol. The molecule has 0 aliphatic carbocycles. The highest BCUT2D eigenvalue weighted by molar-refractivity contribution is 5.79. The maximum Gasteiger partial charge on any atom is 0.225 e. The van der Waals surface area contributed by atoms with E-state index in [4.69, 9.17) is 9.47 Å². The molecule has 0 bridgehead atoms. The summed E-state index contributed by atoms with van der Waals surface area (Å²) < 4.78 is 25.3. The van der Waals surface area contributed by atoms with Crippen molar-refractivity contribution in [3.63, 3.8) is 0 Å². The van der Waals surface area contributed by atoms with Gasteiger partial charge in [0.25, 0.3) is 0 Å². The molecule has 0 radical (unpaired) electrons. The molecular weight excluding hydrogens is 383 g/mol. The third kappa shape index (κ3) is 5.80. The number of likely N-dealkylation sites (tertiary alicyclic amines) is 1. The average Bonchev–Trinajstić information content (AvgIpc) is 3.29. The van der Waals surface area contributed by atoms with Gasteiger partial charge in [0.15, 0.2) is 0 Å². The van der Waals surface area contributed by atoms with Crippen molar-refractivity contribution in [3.8, 4) is 0 Å². The Hall–Kier alpha value is -1.50. The molecule has 3 fully saturated rings. The van der Waals surface area contributed by atoms with Crippen LogP contribution in [0.2, 0.25) is 0 Å². The maximum atomic E-state index is 14.0. The molecule has 1 atom stereocenters. The molecule has 1 aromatic carbocycles. The summed E-state index contributed by atoms with van der Waals surface area (Å²) in [5.74, 6) is 0.778. The molecular formula is C24H35FN2O3. The normalized spacial score (nSPS) is 24.2. The smallest absolute Gasteiger partial charge is 0.225 e. The molecule has 3 saturated heterocycles. The van der Waals surface area contributed by atoms with E-state index in [9.17, 15) is 9.18 Å². The zero-order valence-corrected chi connectivity index (χ0v) is 17.9. The molecule has 0 spiro atoms. The van der Waals surface area contributed by atoms with Crippen molar-refractivity contribution in [2.45, 2.75) is 51.2 Å². The Balaban J connectivity index is 1.31. The van der Waals surface area contributed by atoms with Crippen LogP contribution < -0.4 is 0 Å². The van der Waals surface area contributed by atoms with E-state index in [1.165, 1.54) is 6.07 Å². The van der Waals surface area contributed by atoms with E-state index in [1.54, 1.807) is 6.07 Å². The van der Waals surface area contributed by atoms with Crippen LogP contribution >= 0.6 is 0 Å². The van der Waals surface area contributed by atoms with E-state index in [0.29, 0.717) is 31.6 Å². The lowest BCUT2D eigenvalue weighted by Gasteiger charge is -2.37. The third-order valence-corrected chi connectivity index (χ3v) is 6.87. The molecule has 3 aliphatic heterocycles. The fraction of sp³-hybridized carbons (Fsp3) is 0.708. The summed E-state index contributed by atoms with van der Waals surface area (Å²) in [4.78, 5) is 17.7. The summed E-state index contributed by atoms with van der Waals surface area (Å²) in [5.41, 5.74) is 0.769. The molecule has 4 rings (SSSR count). The highest BCUT2D eigenvalue weighted by Gasteiger charge is 2.31. The van der Waals surface area contributed by atoms with Crippen molar-refractivity contribution in [3.05, 3.63) is 35.6 Å². The zero-order valence-electron chi connectivity index (χ0n) is 17.9. The number of benzene rings is 1. The molecule has 5 nitrogen and oxygen atoms in total. The molecule has 3 aliphatic rings. The van der Waals surface area contributed by atoms with Gasteiger partial charge < -0.3 is 14.4 Å². The van der Waals surface area contributed by atoms with Crippen LogP contribution in [0.5, 0.6) is 0 Å². The third-order valence-electron chi connectivity index (χ3n) is 6.87. The quantitative estimate of drug-likeness (QED) is 0.680. The summed E-state index contributed by atoms with van der Waals surface area (Å²) in [5, 5.41) is 0. The predicted octanol–water partition coefficient (Wildman–Crippen LogP) is 3.47. The van der Waals surface area contributed by atoms with Gasteiger partial charge >= 0.3 is 0 Å². The minimum atomic E-state index is -0.121. The minimum Gasteiger partial charge on any atom is -0.381 e. The number of amides is 1. The number of hydrogen-bond donors (Lipinski definition) is 0.